The molecule has 3 rings (SSSR count). The van der Waals surface area contributed by atoms with E-state index in [1.165, 1.54) is 18.2 Å². The Hall–Kier alpha value is -3.39. The van der Waals surface area contributed by atoms with Crippen molar-refractivity contribution in [2.75, 3.05) is 12.9 Å². The number of carbonyl (C=O) groups excluding carboxylic acids is 1. The molecule has 0 unspecified atom stereocenters. The second-order valence-corrected chi connectivity index (χ2v) is 9.47. The van der Waals surface area contributed by atoms with E-state index in [1.807, 2.05) is 30.3 Å². The van der Waals surface area contributed by atoms with Crippen molar-refractivity contribution in [3.63, 3.8) is 0 Å². The maximum atomic E-state index is 12.1. The van der Waals surface area contributed by atoms with Crippen LogP contribution in [-0.4, -0.2) is 31.8 Å². The van der Waals surface area contributed by atoms with Crippen molar-refractivity contribution in [3.8, 4) is 5.75 Å². The van der Waals surface area contributed by atoms with Crippen molar-refractivity contribution in [2.24, 2.45) is 0 Å². The Balaban J connectivity index is 1.37. The number of nitrogens with one attached hydrogen (secondary N) is 1. The van der Waals surface area contributed by atoms with Crippen molar-refractivity contribution >= 4 is 15.7 Å². The number of hydrogen-bond donors (Lipinski definition) is 1. The van der Waals surface area contributed by atoms with Gasteiger partial charge in [-0.2, -0.15) is 0 Å². The lowest BCUT2D eigenvalue weighted by atomic mass is 10.1. The van der Waals surface area contributed by atoms with Gasteiger partial charge in [0.15, 0.2) is 9.84 Å². The molecule has 32 heavy (non-hydrogen) atoms. The van der Waals surface area contributed by atoms with E-state index in [2.05, 4.69) is 5.32 Å². The Morgan fingerprint density at radius 1 is 0.969 bits per heavy atom. The number of amides is 1. The molecule has 1 amide bonds. The zero-order chi connectivity index (χ0) is 23.0. The van der Waals surface area contributed by atoms with Gasteiger partial charge in [-0.3, -0.25) is 9.59 Å². The van der Waals surface area contributed by atoms with Gasteiger partial charge in [-0.05, 0) is 47.9 Å². The highest BCUT2D eigenvalue weighted by Gasteiger charge is 2.07. The zero-order valence-electron chi connectivity index (χ0n) is 17.9. The van der Waals surface area contributed by atoms with Crippen molar-refractivity contribution < 1.29 is 17.9 Å². The third-order valence-electron chi connectivity index (χ3n) is 4.83. The fraction of sp³-hybridized carbons (Fsp3) is 0.250. The normalized spacial score (nSPS) is 11.2. The molecule has 7 nitrogen and oxygen atoms in total. The number of pyridine rings is 1. The van der Waals surface area contributed by atoms with Crippen LogP contribution in [0.4, 0.5) is 0 Å². The van der Waals surface area contributed by atoms with Crippen LogP contribution in [0.2, 0.25) is 0 Å². The molecule has 0 spiro atoms. The van der Waals surface area contributed by atoms with Crippen molar-refractivity contribution in [3.05, 3.63) is 94.4 Å². The Bertz CT molecular complexity index is 1200. The van der Waals surface area contributed by atoms with Crippen LogP contribution in [0.1, 0.15) is 24.0 Å². The highest BCUT2D eigenvalue weighted by Crippen LogP contribution is 2.16. The summed E-state index contributed by atoms with van der Waals surface area (Å²) in [5, 5.41) is 2.88. The maximum absolute atomic E-state index is 12.1. The summed E-state index contributed by atoms with van der Waals surface area (Å²) in [6, 6.07) is 19.1. The minimum Gasteiger partial charge on any atom is -0.494 e. The Kier molecular flexibility index (Phi) is 7.83. The van der Waals surface area contributed by atoms with Gasteiger partial charge in [0.25, 0.3) is 5.56 Å². The monoisotopic (exact) mass is 454 g/mol. The molecule has 0 radical (unpaired) electrons. The molecule has 2 aromatic carbocycles. The first-order chi connectivity index (χ1) is 15.3. The largest absolute Gasteiger partial charge is 0.494 e. The maximum Gasteiger partial charge on any atom is 0.250 e. The van der Waals surface area contributed by atoms with Crippen LogP contribution in [-0.2, 0) is 27.7 Å². The van der Waals surface area contributed by atoms with Crippen LogP contribution in [0.15, 0.2) is 82.6 Å². The highest BCUT2D eigenvalue weighted by atomic mass is 32.2. The molecular formula is C24H26N2O5S. The third-order valence-corrected chi connectivity index (χ3v) is 5.96. The molecule has 0 saturated carbocycles. The minimum absolute atomic E-state index is 0.0428. The zero-order valence-corrected chi connectivity index (χ0v) is 18.7. The van der Waals surface area contributed by atoms with Gasteiger partial charge in [0.2, 0.25) is 5.91 Å². The summed E-state index contributed by atoms with van der Waals surface area (Å²) in [4.78, 5) is 24.1. The lowest BCUT2D eigenvalue weighted by Gasteiger charge is -2.09. The molecule has 1 aromatic heterocycles. The van der Waals surface area contributed by atoms with E-state index in [9.17, 15) is 18.0 Å². The quantitative estimate of drug-likeness (QED) is 0.476. The summed E-state index contributed by atoms with van der Waals surface area (Å²) in [6.45, 7) is 1.29. The Labute approximate surface area is 187 Å². The molecule has 0 aliphatic rings. The molecule has 168 valence electrons. The van der Waals surface area contributed by atoms with E-state index >= 15 is 0 Å². The summed E-state index contributed by atoms with van der Waals surface area (Å²) < 4.78 is 30.1. The molecule has 1 N–H and O–H groups in total. The fourth-order valence-corrected chi connectivity index (χ4v) is 3.68. The van der Waals surface area contributed by atoms with Crippen molar-refractivity contribution in [1.82, 2.24) is 9.88 Å². The highest BCUT2D eigenvalue weighted by molar-refractivity contribution is 7.90. The molecule has 0 aliphatic heterocycles. The van der Waals surface area contributed by atoms with Gasteiger partial charge < -0.3 is 14.6 Å². The number of sulfone groups is 1. The number of aromatic nitrogens is 1. The van der Waals surface area contributed by atoms with Gasteiger partial charge in [-0.15, -0.1) is 0 Å². The SMILES string of the molecule is CS(=O)(=O)c1ccc(OCCCC(=O)NCc2ccc(Cn3ccccc3=O)cc2)cc1. The Morgan fingerprint density at radius 3 is 2.31 bits per heavy atom. The number of nitrogens with zero attached hydrogens (tertiary/aromatic N) is 1. The van der Waals surface area contributed by atoms with E-state index in [4.69, 9.17) is 4.74 Å². The summed E-state index contributed by atoms with van der Waals surface area (Å²) in [6.07, 6.45) is 3.79. The van der Waals surface area contributed by atoms with Gasteiger partial charge in [-0.25, -0.2) is 8.42 Å². The van der Waals surface area contributed by atoms with Crippen LogP contribution in [0, 0.1) is 0 Å². The molecule has 1 heterocycles. The average Bonchev–Trinajstić information content (AvgIpc) is 2.77. The minimum atomic E-state index is -3.23. The van der Waals surface area contributed by atoms with Crippen LogP contribution in [0.25, 0.3) is 0 Å². The summed E-state index contributed by atoms with van der Waals surface area (Å²) in [5.74, 6) is 0.497. The number of carbonyl (C=O) groups is 1. The standard InChI is InChI=1S/C24H26N2O5S/c1-32(29,30)22-13-11-21(12-14-22)31-16-4-5-23(27)25-17-19-7-9-20(10-8-19)18-26-15-3-2-6-24(26)28/h2-3,6-15H,4-5,16-18H2,1H3,(H,25,27). The summed E-state index contributed by atoms with van der Waals surface area (Å²) >= 11 is 0. The Morgan fingerprint density at radius 2 is 1.66 bits per heavy atom. The van der Waals surface area contributed by atoms with E-state index < -0.39 is 9.84 Å². The number of rotatable bonds is 10. The van der Waals surface area contributed by atoms with E-state index in [1.54, 1.807) is 29.0 Å². The first-order valence-corrected chi connectivity index (χ1v) is 12.1. The third kappa shape index (κ3) is 7.09. The molecule has 3 aromatic rings. The van der Waals surface area contributed by atoms with Crippen LogP contribution < -0.4 is 15.6 Å². The van der Waals surface area contributed by atoms with Gasteiger partial charge in [0, 0.05) is 31.5 Å². The predicted octanol–water partition coefficient (Wildman–Crippen LogP) is 2.78. The lowest BCUT2D eigenvalue weighted by molar-refractivity contribution is -0.121. The second-order valence-electron chi connectivity index (χ2n) is 7.46. The van der Waals surface area contributed by atoms with Crippen molar-refractivity contribution in [2.45, 2.75) is 30.8 Å². The first-order valence-electron chi connectivity index (χ1n) is 10.2. The predicted molar refractivity (Wildman–Crippen MR) is 122 cm³/mol. The molecule has 0 atom stereocenters. The van der Waals surface area contributed by atoms with Crippen LogP contribution in [0.5, 0.6) is 5.75 Å². The average molecular weight is 455 g/mol. The lowest BCUT2D eigenvalue weighted by Crippen LogP contribution is -2.23. The van der Waals surface area contributed by atoms with Gasteiger partial charge in [0.05, 0.1) is 18.0 Å². The van der Waals surface area contributed by atoms with Crippen LogP contribution in [0.3, 0.4) is 0 Å². The molecular weight excluding hydrogens is 428 g/mol. The van der Waals surface area contributed by atoms with E-state index in [0.29, 0.717) is 38.3 Å². The number of ether oxygens (including phenoxy) is 1. The topological polar surface area (TPSA) is 94.5 Å². The first kappa shape index (κ1) is 23.3. The molecule has 0 aliphatic carbocycles. The van der Waals surface area contributed by atoms with Gasteiger partial charge in [-0.1, -0.05) is 30.3 Å². The molecule has 0 fully saturated rings. The number of hydrogen-bond acceptors (Lipinski definition) is 5. The van der Waals surface area contributed by atoms with E-state index in [-0.39, 0.29) is 16.4 Å². The van der Waals surface area contributed by atoms with E-state index in [0.717, 1.165) is 17.4 Å². The molecule has 0 bridgehead atoms. The van der Waals surface area contributed by atoms with Crippen molar-refractivity contribution in [1.29, 1.82) is 0 Å². The number of benzene rings is 2. The molecule has 8 heteroatoms. The van der Waals surface area contributed by atoms with Gasteiger partial charge >= 0.3 is 0 Å². The fourth-order valence-electron chi connectivity index (χ4n) is 3.05. The summed E-state index contributed by atoms with van der Waals surface area (Å²) in [7, 11) is -3.23. The molecule has 0 saturated heterocycles. The smallest absolute Gasteiger partial charge is 0.250 e. The summed E-state index contributed by atoms with van der Waals surface area (Å²) in [5.41, 5.74) is 1.94. The van der Waals surface area contributed by atoms with Gasteiger partial charge in [0.1, 0.15) is 5.75 Å². The second kappa shape index (κ2) is 10.8. The van der Waals surface area contributed by atoms with Crippen LogP contribution >= 0.6 is 0 Å².